The zero-order chi connectivity index (χ0) is 13.0. The maximum absolute atomic E-state index is 10.7. The summed E-state index contributed by atoms with van der Waals surface area (Å²) in [5, 5.41) is 10.7. The molecule has 0 aliphatic carbocycles. The standard InChI is InChI=1S/C14H23N3O/c1-2-17-8-3-5-14(18,6-9-17)10-12-11-16-7-4-13(12)15/h4,7,11,18H,2-3,5-6,8-10H2,1H3,(H2,15,16). The Labute approximate surface area is 109 Å². The average Bonchev–Trinajstić information content (AvgIpc) is 2.54. The number of hydrogen-bond acceptors (Lipinski definition) is 4. The van der Waals surface area contributed by atoms with E-state index in [1.807, 2.05) is 0 Å². The second-order valence-corrected chi connectivity index (χ2v) is 5.26. The number of nitrogen functional groups attached to an aromatic ring is 1. The summed E-state index contributed by atoms with van der Waals surface area (Å²) in [6.07, 6.45) is 6.78. The van der Waals surface area contributed by atoms with Gasteiger partial charge in [-0.25, -0.2) is 0 Å². The summed E-state index contributed by atoms with van der Waals surface area (Å²) >= 11 is 0. The Morgan fingerprint density at radius 3 is 3.00 bits per heavy atom. The molecule has 18 heavy (non-hydrogen) atoms. The van der Waals surface area contributed by atoms with E-state index >= 15 is 0 Å². The van der Waals surface area contributed by atoms with Gasteiger partial charge in [0.2, 0.25) is 0 Å². The molecule has 0 bridgehead atoms. The van der Waals surface area contributed by atoms with E-state index < -0.39 is 5.60 Å². The molecule has 1 atom stereocenters. The molecule has 1 aromatic rings. The Morgan fingerprint density at radius 1 is 1.44 bits per heavy atom. The fraction of sp³-hybridized carbons (Fsp3) is 0.643. The molecule has 100 valence electrons. The summed E-state index contributed by atoms with van der Waals surface area (Å²) in [5.74, 6) is 0. The second-order valence-electron chi connectivity index (χ2n) is 5.26. The van der Waals surface area contributed by atoms with Crippen LogP contribution in [0, 0.1) is 0 Å². The number of nitrogens with zero attached hydrogens (tertiary/aromatic N) is 2. The van der Waals surface area contributed by atoms with Crippen molar-refractivity contribution < 1.29 is 5.11 Å². The Kier molecular flexibility index (Phi) is 4.19. The van der Waals surface area contributed by atoms with Crippen molar-refractivity contribution in [3.05, 3.63) is 24.0 Å². The molecular weight excluding hydrogens is 226 g/mol. The number of aliphatic hydroxyl groups is 1. The molecule has 4 nitrogen and oxygen atoms in total. The molecule has 1 unspecified atom stereocenters. The molecule has 0 radical (unpaired) electrons. The lowest BCUT2D eigenvalue weighted by Crippen LogP contribution is -2.33. The van der Waals surface area contributed by atoms with E-state index in [0.29, 0.717) is 6.42 Å². The molecule has 1 aliphatic rings. The van der Waals surface area contributed by atoms with Gasteiger partial charge in [0.05, 0.1) is 5.60 Å². The lowest BCUT2D eigenvalue weighted by Gasteiger charge is -2.27. The first-order valence-corrected chi connectivity index (χ1v) is 6.76. The van der Waals surface area contributed by atoms with Crippen molar-refractivity contribution in [2.45, 2.75) is 38.2 Å². The van der Waals surface area contributed by atoms with Crippen molar-refractivity contribution >= 4 is 5.69 Å². The van der Waals surface area contributed by atoms with Crippen LogP contribution in [0.2, 0.25) is 0 Å². The Balaban J connectivity index is 2.05. The van der Waals surface area contributed by atoms with E-state index in [1.165, 1.54) is 0 Å². The maximum Gasteiger partial charge on any atom is 0.0702 e. The van der Waals surface area contributed by atoms with Gasteiger partial charge in [0.1, 0.15) is 0 Å². The lowest BCUT2D eigenvalue weighted by molar-refractivity contribution is 0.0259. The minimum Gasteiger partial charge on any atom is -0.398 e. The van der Waals surface area contributed by atoms with Crippen molar-refractivity contribution in [3.63, 3.8) is 0 Å². The molecule has 0 amide bonds. The summed E-state index contributed by atoms with van der Waals surface area (Å²) in [6.45, 7) is 5.28. The molecule has 4 heteroatoms. The van der Waals surface area contributed by atoms with Gasteiger partial charge in [-0.05, 0) is 44.0 Å². The fourth-order valence-electron chi connectivity index (χ4n) is 2.67. The first kappa shape index (κ1) is 13.3. The quantitative estimate of drug-likeness (QED) is 0.851. The average molecular weight is 249 g/mol. The van der Waals surface area contributed by atoms with Gasteiger partial charge in [0.15, 0.2) is 0 Å². The summed E-state index contributed by atoms with van der Waals surface area (Å²) < 4.78 is 0. The number of rotatable bonds is 3. The highest BCUT2D eigenvalue weighted by Gasteiger charge is 2.30. The minimum atomic E-state index is -0.624. The van der Waals surface area contributed by atoms with Crippen LogP contribution in [-0.4, -0.2) is 40.2 Å². The first-order chi connectivity index (χ1) is 8.63. The molecule has 0 saturated carbocycles. The highest BCUT2D eigenvalue weighted by molar-refractivity contribution is 5.45. The third-order valence-electron chi connectivity index (χ3n) is 3.92. The predicted molar refractivity (Wildman–Crippen MR) is 73.3 cm³/mol. The van der Waals surface area contributed by atoms with Gasteiger partial charge in [0.25, 0.3) is 0 Å². The van der Waals surface area contributed by atoms with E-state index in [0.717, 1.165) is 50.1 Å². The van der Waals surface area contributed by atoms with E-state index in [4.69, 9.17) is 5.73 Å². The fourth-order valence-corrected chi connectivity index (χ4v) is 2.67. The smallest absolute Gasteiger partial charge is 0.0702 e. The minimum absolute atomic E-state index is 0.615. The van der Waals surface area contributed by atoms with Crippen LogP contribution in [0.4, 0.5) is 5.69 Å². The van der Waals surface area contributed by atoms with E-state index in [2.05, 4.69) is 16.8 Å². The number of aromatic nitrogens is 1. The number of hydrogen-bond donors (Lipinski definition) is 2. The Hall–Kier alpha value is -1.13. The molecular formula is C14H23N3O. The van der Waals surface area contributed by atoms with E-state index in [1.54, 1.807) is 18.5 Å². The molecule has 3 N–H and O–H groups in total. The summed E-state index contributed by atoms with van der Waals surface area (Å²) in [6, 6.07) is 1.80. The number of nitrogens with two attached hydrogens (primary N) is 1. The van der Waals surface area contributed by atoms with Crippen LogP contribution < -0.4 is 5.73 Å². The van der Waals surface area contributed by atoms with Gasteiger partial charge < -0.3 is 15.7 Å². The van der Waals surface area contributed by atoms with Crippen LogP contribution in [-0.2, 0) is 6.42 Å². The zero-order valence-corrected chi connectivity index (χ0v) is 11.1. The number of pyridine rings is 1. The lowest BCUT2D eigenvalue weighted by atomic mass is 9.88. The van der Waals surface area contributed by atoms with Gasteiger partial charge in [-0.3, -0.25) is 4.98 Å². The Morgan fingerprint density at radius 2 is 2.28 bits per heavy atom. The van der Waals surface area contributed by atoms with Crippen LogP contribution in [0.1, 0.15) is 31.7 Å². The van der Waals surface area contributed by atoms with Crippen molar-refractivity contribution in [2.24, 2.45) is 0 Å². The van der Waals surface area contributed by atoms with Crippen molar-refractivity contribution in [2.75, 3.05) is 25.4 Å². The van der Waals surface area contributed by atoms with Crippen molar-refractivity contribution in [1.29, 1.82) is 0 Å². The zero-order valence-electron chi connectivity index (χ0n) is 11.1. The van der Waals surface area contributed by atoms with Gasteiger partial charge in [-0.2, -0.15) is 0 Å². The van der Waals surface area contributed by atoms with E-state index in [9.17, 15) is 5.11 Å². The molecule has 1 aliphatic heterocycles. The largest absolute Gasteiger partial charge is 0.398 e. The Bertz CT molecular complexity index is 396. The third kappa shape index (κ3) is 3.21. The van der Waals surface area contributed by atoms with Gasteiger partial charge >= 0.3 is 0 Å². The molecule has 2 rings (SSSR count). The topological polar surface area (TPSA) is 62.4 Å². The van der Waals surface area contributed by atoms with Crippen LogP contribution in [0.3, 0.4) is 0 Å². The normalized spacial score (nSPS) is 25.9. The predicted octanol–water partition coefficient (Wildman–Crippen LogP) is 1.44. The SMILES string of the molecule is CCN1CCCC(O)(Cc2cnccc2N)CC1. The van der Waals surface area contributed by atoms with Gasteiger partial charge in [0, 0.05) is 31.0 Å². The maximum atomic E-state index is 10.7. The summed E-state index contributed by atoms with van der Waals surface area (Å²) in [4.78, 5) is 6.49. The molecule has 1 aromatic heterocycles. The summed E-state index contributed by atoms with van der Waals surface area (Å²) in [5.41, 5.74) is 7.00. The van der Waals surface area contributed by atoms with Crippen molar-refractivity contribution in [3.8, 4) is 0 Å². The van der Waals surface area contributed by atoms with Gasteiger partial charge in [-0.15, -0.1) is 0 Å². The van der Waals surface area contributed by atoms with Crippen LogP contribution in [0.25, 0.3) is 0 Å². The van der Waals surface area contributed by atoms with Crippen LogP contribution in [0.15, 0.2) is 18.5 Å². The third-order valence-corrected chi connectivity index (χ3v) is 3.92. The highest BCUT2D eigenvalue weighted by atomic mass is 16.3. The van der Waals surface area contributed by atoms with Crippen LogP contribution >= 0.6 is 0 Å². The highest BCUT2D eigenvalue weighted by Crippen LogP contribution is 2.27. The van der Waals surface area contributed by atoms with Crippen molar-refractivity contribution in [1.82, 2.24) is 9.88 Å². The first-order valence-electron chi connectivity index (χ1n) is 6.76. The molecule has 0 aromatic carbocycles. The van der Waals surface area contributed by atoms with Crippen LogP contribution in [0.5, 0.6) is 0 Å². The molecule has 0 spiro atoms. The van der Waals surface area contributed by atoms with E-state index in [-0.39, 0.29) is 0 Å². The molecule has 2 heterocycles. The number of likely N-dealkylation sites (tertiary alicyclic amines) is 1. The monoisotopic (exact) mass is 249 g/mol. The molecule has 1 fully saturated rings. The second kappa shape index (κ2) is 5.67. The molecule has 1 saturated heterocycles. The summed E-state index contributed by atoms with van der Waals surface area (Å²) in [7, 11) is 0. The number of anilines is 1. The van der Waals surface area contributed by atoms with Gasteiger partial charge in [-0.1, -0.05) is 6.92 Å².